The number of likely N-dealkylation sites (tertiary alicyclic amines) is 1. The van der Waals surface area contributed by atoms with E-state index < -0.39 is 0 Å². The highest BCUT2D eigenvalue weighted by atomic mass is 16.1. The molecule has 2 aliphatic carbocycles. The summed E-state index contributed by atoms with van der Waals surface area (Å²) in [6, 6.07) is 17.5. The molecule has 0 spiro atoms. The topological polar surface area (TPSA) is 54.5 Å². The maximum Gasteiger partial charge on any atom is 0.190 e. The van der Waals surface area contributed by atoms with E-state index in [1.807, 2.05) is 6.07 Å². The van der Waals surface area contributed by atoms with E-state index in [4.69, 9.17) is 0 Å². The second kappa shape index (κ2) is 7.77. The molecule has 5 rings (SSSR count). The van der Waals surface area contributed by atoms with Crippen LogP contribution in [0.4, 0.5) is 0 Å². The standard InChI is InChI=1S/C26H25NO3/c28-19-14-22(18-10-12-27(13-11-18)16-17-6-2-1-3-7-17)24-23(15-19)25(29)20-8-4-5-9-21(20)26(24)30/h1-9,18,22H,10-16H2. The summed E-state index contributed by atoms with van der Waals surface area (Å²) in [4.78, 5) is 41.4. The Balaban J connectivity index is 1.37. The largest absolute Gasteiger partial charge is 0.299 e. The zero-order chi connectivity index (χ0) is 20.7. The SMILES string of the molecule is O=C1CC2=C(C(=O)c3ccccc3C2=O)C(C2CCN(Cc3ccccc3)CC2)C1. The fraction of sp³-hybridized carbons (Fsp3) is 0.346. The molecule has 4 heteroatoms. The fourth-order valence-electron chi connectivity index (χ4n) is 5.39. The minimum absolute atomic E-state index is 0.0376. The van der Waals surface area contributed by atoms with Crippen molar-refractivity contribution in [3.8, 4) is 0 Å². The van der Waals surface area contributed by atoms with Gasteiger partial charge in [-0.05, 0) is 43.3 Å². The molecule has 4 nitrogen and oxygen atoms in total. The van der Waals surface area contributed by atoms with Crippen molar-refractivity contribution >= 4 is 17.3 Å². The van der Waals surface area contributed by atoms with E-state index in [2.05, 4.69) is 29.2 Å². The Labute approximate surface area is 176 Å². The number of carbonyl (C=O) groups excluding carboxylic acids is 3. The first-order chi connectivity index (χ1) is 14.6. The lowest BCUT2D eigenvalue weighted by Gasteiger charge is -2.39. The molecule has 0 N–H and O–H groups in total. The van der Waals surface area contributed by atoms with Crippen LogP contribution in [0.25, 0.3) is 0 Å². The lowest BCUT2D eigenvalue weighted by Crippen LogP contribution is -2.40. The minimum atomic E-state index is -0.125. The highest BCUT2D eigenvalue weighted by Crippen LogP contribution is 2.43. The molecule has 1 saturated heterocycles. The highest BCUT2D eigenvalue weighted by Gasteiger charge is 2.43. The van der Waals surface area contributed by atoms with Crippen LogP contribution in [0, 0.1) is 11.8 Å². The lowest BCUT2D eigenvalue weighted by atomic mass is 9.66. The maximum absolute atomic E-state index is 13.3. The average Bonchev–Trinajstić information content (AvgIpc) is 2.78. The molecular weight excluding hydrogens is 374 g/mol. The molecule has 3 aliphatic rings. The van der Waals surface area contributed by atoms with Gasteiger partial charge in [-0.3, -0.25) is 19.3 Å². The molecule has 2 aromatic carbocycles. The Hall–Kier alpha value is -2.85. The molecule has 0 bridgehead atoms. The number of hydrogen-bond donors (Lipinski definition) is 0. The summed E-state index contributed by atoms with van der Waals surface area (Å²) < 4.78 is 0. The van der Waals surface area contributed by atoms with Gasteiger partial charge < -0.3 is 0 Å². The van der Waals surface area contributed by atoms with Crippen molar-refractivity contribution in [2.24, 2.45) is 11.8 Å². The summed E-state index contributed by atoms with van der Waals surface area (Å²) in [6.07, 6.45) is 2.40. The number of nitrogens with zero attached hydrogens (tertiary/aromatic N) is 1. The van der Waals surface area contributed by atoms with Gasteiger partial charge in [-0.25, -0.2) is 0 Å². The van der Waals surface area contributed by atoms with Gasteiger partial charge in [-0.2, -0.15) is 0 Å². The molecule has 2 aromatic rings. The van der Waals surface area contributed by atoms with E-state index in [1.54, 1.807) is 24.3 Å². The van der Waals surface area contributed by atoms with Gasteiger partial charge >= 0.3 is 0 Å². The average molecular weight is 399 g/mol. The van der Waals surface area contributed by atoms with E-state index in [0.29, 0.717) is 28.7 Å². The molecule has 1 heterocycles. The lowest BCUT2D eigenvalue weighted by molar-refractivity contribution is -0.120. The number of Topliss-reactive ketones (excluding diaryl/α,β-unsaturated/α-hetero) is 3. The Morgan fingerprint density at radius 3 is 2.13 bits per heavy atom. The monoisotopic (exact) mass is 399 g/mol. The van der Waals surface area contributed by atoms with Crippen LogP contribution in [-0.4, -0.2) is 35.3 Å². The number of fused-ring (bicyclic) bond motifs is 1. The number of benzene rings is 2. The Bertz CT molecular complexity index is 1040. The van der Waals surface area contributed by atoms with Gasteiger partial charge in [0.05, 0.1) is 0 Å². The Morgan fingerprint density at radius 2 is 1.43 bits per heavy atom. The molecule has 1 unspecified atom stereocenters. The van der Waals surface area contributed by atoms with Crippen molar-refractivity contribution in [2.75, 3.05) is 13.1 Å². The number of piperidine rings is 1. The Kier molecular flexibility index (Phi) is 4.95. The summed E-state index contributed by atoms with van der Waals surface area (Å²) in [5, 5.41) is 0. The van der Waals surface area contributed by atoms with Gasteiger partial charge in [-0.15, -0.1) is 0 Å². The van der Waals surface area contributed by atoms with Gasteiger partial charge in [-0.1, -0.05) is 54.6 Å². The second-order valence-electron chi connectivity index (χ2n) is 8.72. The molecule has 0 saturated carbocycles. The smallest absolute Gasteiger partial charge is 0.190 e. The predicted molar refractivity (Wildman–Crippen MR) is 114 cm³/mol. The van der Waals surface area contributed by atoms with Crippen LogP contribution < -0.4 is 0 Å². The number of allylic oxidation sites excluding steroid dienone is 2. The van der Waals surface area contributed by atoms with Gasteiger partial charge in [0.15, 0.2) is 11.6 Å². The summed E-state index contributed by atoms with van der Waals surface area (Å²) in [5.74, 6) is 0.0772. The summed E-state index contributed by atoms with van der Waals surface area (Å²) >= 11 is 0. The van der Waals surface area contributed by atoms with Crippen molar-refractivity contribution in [1.82, 2.24) is 4.90 Å². The van der Waals surface area contributed by atoms with Crippen LogP contribution in [0.15, 0.2) is 65.7 Å². The van der Waals surface area contributed by atoms with Gasteiger partial charge in [0.25, 0.3) is 0 Å². The van der Waals surface area contributed by atoms with Crippen molar-refractivity contribution in [3.05, 3.63) is 82.4 Å². The molecule has 0 aromatic heterocycles. The van der Waals surface area contributed by atoms with Gasteiger partial charge in [0.1, 0.15) is 5.78 Å². The van der Waals surface area contributed by atoms with E-state index in [0.717, 1.165) is 32.5 Å². The van der Waals surface area contributed by atoms with Crippen LogP contribution in [-0.2, 0) is 11.3 Å². The quantitative estimate of drug-likeness (QED) is 0.774. The van der Waals surface area contributed by atoms with Crippen LogP contribution in [0.5, 0.6) is 0 Å². The second-order valence-corrected chi connectivity index (χ2v) is 8.72. The van der Waals surface area contributed by atoms with E-state index in [9.17, 15) is 14.4 Å². The molecule has 30 heavy (non-hydrogen) atoms. The first-order valence-corrected chi connectivity index (χ1v) is 10.8. The molecular formula is C26H25NO3. The van der Waals surface area contributed by atoms with Crippen molar-refractivity contribution in [1.29, 1.82) is 0 Å². The molecule has 1 aliphatic heterocycles. The minimum Gasteiger partial charge on any atom is -0.299 e. The van der Waals surface area contributed by atoms with Crippen molar-refractivity contribution < 1.29 is 14.4 Å². The number of ketones is 3. The third kappa shape index (κ3) is 3.35. The third-order valence-corrected chi connectivity index (χ3v) is 6.90. The Morgan fingerprint density at radius 1 is 0.800 bits per heavy atom. The van der Waals surface area contributed by atoms with Crippen LogP contribution in [0.1, 0.15) is 52.0 Å². The van der Waals surface area contributed by atoms with Crippen molar-refractivity contribution in [3.63, 3.8) is 0 Å². The summed E-state index contributed by atoms with van der Waals surface area (Å²) in [7, 11) is 0. The molecule has 0 radical (unpaired) electrons. The molecule has 1 atom stereocenters. The van der Waals surface area contributed by atoms with E-state index in [1.165, 1.54) is 5.56 Å². The summed E-state index contributed by atoms with van der Waals surface area (Å²) in [6.45, 7) is 2.83. The predicted octanol–water partition coefficient (Wildman–Crippen LogP) is 4.25. The first-order valence-electron chi connectivity index (χ1n) is 10.8. The third-order valence-electron chi connectivity index (χ3n) is 6.90. The van der Waals surface area contributed by atoms with Gasteiger partial charge in [0, 0.05) is 41.7 Å². The maximum atomic E-state index is 13.3. The van der Waals surface area contributed by atoms with Crippen LogP contribution in [0.3, 0.4) is 0 Å². The number of carbonyl (C=O) groups is 3. The zero-order valence-corrected chi connectivity index (χ0v) is 17.0. The molecule has 152 valence electrons. The first kappa shape index (κ1) is 19.1. The van der Waals surface area contributed by atoms with E-state index >= 15 is 0 Å². The normalized spacial score (nSPS) is 22.8. The van der Waals surface area contributed by atoms with Crippen LogP contribution in [0.2, 0.25) is 0 Å². The zero-order valence-electron chi connectivity index (χ0n) is 17.0. The van der Waals surface area contributed by atoms with E-state index in [-0.39, 0.29) is 35.6 Å². The van der Waals surface area contributed by atoms with Crippen molar-refractivity contribution in [2.45, 2.75) is 32.2 Å². The number of rotatable bonds is 3. The molecule has 1 fully saturated rings. The van der Waals surface area contributed by atoms with Crippen LogP contribution >= 0.6 is 0 Å². The fourth-order valence-corrected chi connectivity index (χ4v) is 5.39. The van der Waals surface area contributed by atoms with Gasteiger partial charge in [0.2, 0.25) is 0 Å². The number of hydrogen-bond acceptors (Lipinski definition) is 4. The highest BCUT2D eigenvalue weighted by molar-refractivity contribution is 6.28. The summed E-state index contributed by atoms with van der Waals surface area (Å²) in [5.41, 5.74) is 3.36. The molecule has 0 amide bonds.